The third-order valence-electron chi connectivity index (χ3n) is 2.84. The Bertz CT molecular complexity index is 482. The minimum atomic E-state index is -3.46. The van der Waals surface area contributed by atoms with Gasteiger partial charge in [0.25, 0.3) is 0 Å². The zero-order valence-corrected chi connectivity index (χ0v) is 11.6. The van der Waals surface area contributed by atoms with Gasteiger partial charge in [0.15, 0.2) is 0 Å². The van der Waals surface area contributed by atoms with Crippen molar-refractivity contribution in [2.45, 2.75) is 29.4 Å². The molecule has 100 valence electrons. The van der Waals surface area contributed by atoms with Gasteiger partial charge < -0.3 is 5.73 Å². The van der Waals surface area contributed by atoms with Crippen molar-refractivity contribution in [3.63, 3.8) is 0 Å². The van der Waals surface area contributed by atoms with Gasteiger partial charge in [-0.15, -0.1) is 0 Å². The molecule has 1 saturated heterocycles. The molecule has 18 heavy (non-hydrogen) atoms. The lowest BCUT2D eigenvalue weighted by atomic mass is 10.2. The Kier molecular flexibility index (Phi) is 4.47. The Morgan fingerprint density at radius 3 is 2.89 bits per heavy atom. The van der Waals surface area contributed by atoms with E-state index < -0.39 is 10.0 Å². The summed E-state index contributed by atoms with van der Waals surface area (Å²) in [6, 6.07) is 2.96. The van der Waals surface area contributed by atoms with Crippen LogP contribution >= 0.6 is 11.8 Å². The van der Waals surface area contributed by atoms with Crippen molar-refractivity contribution in [2.75, 3.05) is 18.0 Å². The van der Waals surface area contributed by atoms with Crippen molar-refractivity contribution in [2.24, 2.45) is 0 Å². The molecule has 5 nitrogen and oxygen atoms in total. The molecule has 1 unspecified atom stereocenters. The van der Waals surface area contributed by atoms with Crippen LogP contribution < -0.4 is 10.5 Å². The van der Waals surface area contributed by atoms with E-state index in [0.717, 1.165) is 12.2 Å². The number of nitrogens with two attached hydrogens (primary N) is 1. The highest BCUT2D eigenvalue weighted by molar-refractivity contribution is 8.00. The Balaban J connectivity index is 1.96. The summed E-state index contributed by atoms with van der Waals surface area (Å²) in [5.41, 5.74) is 5.43. The van der Waals surface area contributed by atoms with E-state index in [-0.39, 0.29) is 4.90 Å². The SMILES string of the molecule is Nc1ccc(S(=O)(=O)NCC2CCCCS2)cn1. The monoisotopic (exact) mass is 287 g/mol. The minimum absolute atomic E-state index is 0.164. The average molecular weight is 287 g/mol. The second-order valence-corrected chi connectivity index (χ2v) is 7.43. The van der Waals surface area contributed by atoms with Gasteiger partial charge in [-0.3, -0.25) is 0 Å². The average Bonchev–Trinajstić information content (AvgIpc) is 2.38. The summed E-state index contributed by atoms with van der Waals surface area (Å²) in [6.07, 6.45) is 4.78. The van der Waals surface area contributed by atoms with Crippen LogP contribution in [0.2, 0.25) is 0 Å². The first kappa shape index (κ1) is 13.6. The highest BCUT2D eigenvalue weighted by Crippen LogP contribution is 2.24. The molecule has 1 fully saturated rings. The number of nitrogens with zero attached hydrogens (tertiary/aromatic N) is 1. The number of hydrogen-bond donors (Lipinski definition) is 2. The first-order valence-corrected chi connectivity index (χ1v) is 8.44. The lowest BCUT2D eigenvalue weighted by Gasteiger charge is -2.21. The van der Waals surface area contributed by atoms with Gasteiger partial charge in [-0.25, -0.2) is 18.1 Å². The molecule has 0 radical (unpaired) electrons. The van der Waals surface area contributed by atoms with E-state index in [2.05, 4.69) is 9.71 Å². The summed E-state index contributed by atoms with van der Waals surface area (Å²) in [5.74, 6) is 1.44. The lowest BCUT2D eigenvalue weighted by Crippen LogP contribution is -2.32. The molecule has 2 heterocycles. The third kappa shape index (κ3) is 3.60. The normalized spacial score (nSPS) is 20.8. The number of rotatable bonds is 4. The molecule has 0 aliphatic carbocycles. The number of aromatic nitrogens is 1. The Morgan fingerprint density at radius 2 is 2.28 bits per heavy atom. The van der Waals surface area contributed by atoms with Gasteiger partial charge in [0.05, 0.1) is 0 Å². The minimum Gasteiger partial charge on any atom is -0.384 e. The largest absolute Gasteiger partial charge is 0.384 e. The van der Waals surface area contributed by atoms with Crippen LogP contribution in [0.3, 0.4) is 0 Å². The van der Waals surface area contributed by atoms with E-state index in [1.165, 1.54) is 31.2 Å². The van der Waals surface area contributed by atoms with Gasteiger partial charge in [0.2, 0.25) is 10.0 Å². The van der Waals surface area contributed by atoms with Crippen LogP contribution in [-0.4, -0.2) is 30.9 Å². The Morgan fingerprint density at radius 1 is 1.44 bits per heavy atom. The van der Waals surface area contributed by atoms with Gasteiger partial charge in [-0.2, -0.15) is 11.8 Å². The maximum Gasteiger partial charge on any atom is 0.242 e. The van der Waals surface area contributed by atoms with E-state index >= 15 is 0 Å². The lowest BCUT2D eigenvalue weighted by molar-refractivity contribution is 0.573. The van der Waals surface area contributed by atoms with Crippen LogP contribution in [0.4, 0.5) is 5.82 Å². The van der Waals surface area contributed by atoms with Gasteiger partial charge in [0.1, 0.15) is 10.7 Å². The maximum absolute atomic E-state index is 12.0. The number of nitrogens with one attached hydrogen (secondary N) is 1. The molecule has 3 N–H and O–H groups in total. The summed E-state index contributed by atoms with van der Waals surface area (Å²) in [5, 5.41) is 0.385. The third-order valence-corrected chi connectivity index (χ3v) is 5.65. The quantitative estimate of drug-likeness (QED) is 0.870. The molecule has 0 spiro atoms. The Hall–Kier alpha value is -0.790. The van der Waals surface area contributed by atoms with Crippen LogP contribution in [0.5, 0.6) is 0 Å². The molecule has 7 heteroatoms. The van der Waals surface area contributed by atoms with Crippen molar-refractivity contribution >= 4 is 27.6 Å². The van der Waals surface area contributed by atoms with E-state index in [0.29, 0.717) is 17.6 Å². The van der Waals surface area contributed by atoms with Crippen molar-refractivity contribution in [1.82, 2.24) is 9.71 Å². The number of anilines is 1. The molecule has 1 aliphatic rings. The number of pyridine rings is 1. The molecule has 0 saturated carbocycles. The first-order valence-electron chi connectivity index (χ1n) is 5.91. The number of hydrogen-bond acceptors (Lipinski definition) is 5. The van der Waals surface area contributed by atoms with E-state index in [9.17, 15) is 8.42 Å². The maximum atomic E-state index is 12.0. The van der Waals surface area contributed by atoms with E-state index in [1.807, 2.05) is 11.8 Å². The van der Waals surface area contributed by atoms with Gasteiger partial charge in [-0.05, 0) is 30.7 Å². The summed E-state index contributed by atoms with van der Waals surface area (Å²) in [6.45, 7) is 0.484. The summed E-state index contributed by atoms with van der Waals surface area (Å²) >= 11 is 1.84. The first-order chi connectivity index (χ1) is 8.58. The second-order valence-electron chi connectivity index (χ2n) is 4.26. The van der Waals surface area contributed by atoms with Gasteiger partial charge in [-0.1, -0.05) is 6.42 Å². The van der Waals surface area contributed by atoms with Gasteiger partial charge in [0, 0.05) is 18.0 Å². The highest BCUT2D eigenvalue weighted by atomic mass is 32.2. The molecular weight excluding hydrogens is 270 g/mol. The van der Waals surface area contributed by atoms with E-state index in [4.69, 9.17) is 5.73 Å². The van der Waals surface area contributed by atoms with Crippen LogP contribution in [0.15, 0.2) is 23.2 Å². The number of thioether (sulfide) groups is 1. The van der Waals surface area contributed by atoms with E-state index in [1.54, 1.807) is 0 Å². The fourth-order valence-electron chi connectivity index (χ4n) is 1.81. The van der Waals surface area contributed by atoms with Crippen LogP contribution in [0.25, 0.3) is 0 Å². The molecular formula is C11H17N3O2S2. The van der Waals surface area contributed by atoms with Crippen molar-refractivity contribution < 1.29 is 8.42 Å². The molecule has 0 amide bonds. The smallest absolute Gasteiger partial charge is 0.242 e. The van der Waals surface area contributed by atoms with Crippen LogP contribution in [0, 0.1) is 0 Å². The van der Waals surface area contributed by atoms with Crippen molar-refractivity contribution in [3.05, 3.63) is 18.3 Å². The van der Waals surface area contributed by atoms with Crippen LogP contribution in [0.1, 0.15) is 19.3 Å². The molecule has 0 aromatic carbocycles. The zero-order chi connectivity index (χ0) is 13.0. The van der Waals surface area contributed by atoms with Crippen molar-refractivity contribution in [3.8, 4) is 0 Å². The molecule has 1 aromatic rings. The molecule has 0 bridgehead atoms. The van der Waals surface area contributed by atoms with Crippen LogP contribution in [-0.2, 0) is 10.0 Å². The summed E-state index contributed by atoms with van der Waals surface area (Å²) in [4.78, 5) is 3.96. The molecule has 1 atom stereocenters. The predicted molar refractivity (Wildman–Crippen MR) is 73.9 cm³/mol. The molecule has 1 aliphatic heterocycles. The topological polar surface area (TPSA) is 85.1 Å². The number of sulfonamides is 1. The van der Waals surface area contributed by atoms with Crippen molar-refractivity contribution in [1.29, 1.82) is 0 Å². The number of nitrogen functional groups attached to an aromatic ring is 1. The Labute approximate surface area is 112 Å². The fourth-order valence-corrected chi connectivity index (χ4v) is 4.18. The summed E-state index contributed by atoms with van der Waals surface area (Å²) in [7, 11) is -3.46. The standard InChI is InChI=1S/C11H17N3O2S2/c12-11-5-4-10(8-13-11)18(15,16)14-7-9-3-1-2-6-17-9/h4-5,8-9,14H,1-3,6-7H2,(H2,12,13). The van der Waals surface area contributed by atoms with Gasteiger partial charge >= 0.3 is 0 Å². The highest BCUT2D eigenvalue weighted by Gasteiger charge is 2.19. The second kappa shape index (κ2) is 5.90. The zero-order valence-electron chi connectivity index (χ0n) is 10.0. The summed E-state index contributed by atoms with van der Waals surface area (Å²) < 4.78 is 26.6. The predicted octanol–water partition coefficient (Wildman–Crippen LogP) is 1.23. The molecule has 2 rings (SSSR count). The molecule has 1 aromatic heterocycles. The fraction of sp³-hybridized carbons (Fsp3) is 0.545.